The molecule has 112 valence electrons. The second-order valence-corrected chi connectivity index (χ2v) is 5.36. The predicted octanol–water partition coefficient (Wildman–Crippen LogP) is 2.35. The largest absolute Gasteiger partial charge is 0.385 e. The van der Waals surface area contributed by atoms with Crippen LogP contribution in [0.2, 0.25) is 0 Å². The zero-order valence-corrected chi connectivity index (χ0v) is 12.1. The molecule has 0 aromatic heterocycles. The summed E-state index contributed by atoms with van der Waals surface area (Å²) < 4.78 is 5.07. The molecule has 0 saturated carbocycles. The van der Waals surface area contributed by atoms with Crippen LogP contribution in [0.3, 0.4) is 0 Å². The van der Waals surface area contributed by atoms with Crippen molar-refractivity contribution in [2.24, 2.45) is 11.3 Å². The summed E-state index contributed by atoms with van der Waals surface area (Å²) in [5, 5.41) is 14.3. The van der Waals surface area contributed by atoms with Gasteiger partial charge in [0.25, 0.3) is 0 Å². The molecule has 0 amide bonds. The summed E-state index contributed by atoms with van der Waals surface area (Å²) in [7, 11) is 1.66. The summed E-state index contributed by atoms with van der Waals surface area (Å²) in [5.41, 5.74) is 3.01. The van der Waals surface area contributed by atoms with Gasteiger partial charge in [-0.25, -0.2) is 0 Å². The quantitative estimate of drug-likeness (QED) is 0.384. The van der Waals surface area contributed by atoms with E-state index in [9.17, 15) is 10.1 Å². The molecule has 0 saturated heterocycles. The van der Waals surface area contributed by atoms with Crippen molar-refractivity contribution in [2.75, 3.05) is 31.0 Å². The normalized spacial score (nSPS) is 11.2. The van der Waals surface area contributed by atoms with Crippen LogP contribution in [0.15, 0.2) is 18.2 Å². The van der Waals surface area contributed by atoms with E-state index in [1.54, 1.807) is 25.3 Å². The van der Waals surface area contributed by atoms with E-state index in [1.165, 1.54) is 0 Å². The van der Waals surface area contributed by atoms with Crippen molar-refractivity contribution in [3.8, 4) is 0 Å². The molecule has 0 aliphatic heterocycles. The minimum absolute atomic E-state index is 0.0317. The second kappa shape index (κ2) is 7.06. The van der Waals surface area contributed by atoms with Crippen LogP contribution in [-0.4, -0.2) is 25.2 Å². The fraction of sp³-hybridized carbons (Fsp3) is 0.538. The number of para-hydroxylation sites is 1. The number of hydrogen-bond donors (Lipinski definition) is 3. The molecule has 0 bridgehead atoms. The summed E-state index contributed by atoms with van der Waals surface area (Å²) in [6, 6.07) is 4.96. The Morgan fingerprint density at radius 1 is 1.40 bits per heavy atom. The maximum absolute atomic E-state index is 11.1. The van der Waals surface area contributed by atoms with E-state index in [-0.39, 0.29) is 16.8 Å². The van der Waals surface area contributed by atoms with Crippen LogP contribution in [0.5, 0.6) is 0 Å². The number of nitrogens with zero attached hydrogens (tertiary/aromatic N) is 1. The number of nitro benzene ring substituents is 1. The minimum atomic E-state index is -0.445. The molecule has 1 rings (SSSR count). The number of hydrazine groups is 1. The van der Waals surface area contributed by atoms with Crippen molar-refractivity contribution in [2.45, 2.75) is 20.3 Å². The molecule has 0 atom stereocenters. The molecule has 0 radical (unpaired) electrons. The zero-order chi connectivity index (χ0) is 15.2. The number of methoxy groups -OCH3 is 1. The van der Waals surface area contributed by atoms with Gasteiger partial charge >= 0.3 is 5.69 Å². The third-order valence-corrected chi connectivity index (χ3v) is 3.11. The zero-order valence-electron chi connectivity index (χ0n) is 12.1. The smallest absolute Gasteiger partial charge is 0.316 e. The van der Waals surface area contributed by atoms with Crippen molar-refractivity contribution in [1.82, 2.24) is 0 Å². The van der Waals surface area contributed by atoms with Crippen molar-refractivity contribution in [1.29, 1.82) is 0 Å². The Hall–Kier alpha value is -1.86. The molecule has 0 fully saturated rings. The van der Waals surface area contributed by atoms with Gasteiger partial charge in [0, 0.05) is 20.3 Å². The van der Waals surface area contributed by atoms with Gasteiger partial charge in [0.15, 0.2) is 0 Å². The van der Waals surface area contributed by atoms with Gasteiger partial charge in [-0.1, -0.05) is 19.9 Å². The first-order chi connectivity index (χ1) is 9.41. The molecule has 0 spiro atoms. The summed E-state index contributed by atoms with van der Waals surface area (Å²) in [6.07, 6.45) is 0.860. The van der Waals surface area contributed by atoms with Gasteiger partial charge in [0.05, 0.1) is 4.92 Å². The van der Waals surface area contributed by atoms with E-state index >= 15 is 0 Å². The summed E-state index contributed by atoms with van der Waals surface area (Å²) in [6.45, 7) is 5.41. The molecule has 20 heavy (non-hydrogen) atoms. The summed E-state index contributed by atoms with van der Waals surface area (Å²) >= 11 is 0. The highest BCUT2D eigenvalue weighted by Crippen LogP contribution is 2.33. The topological polar surface area (TPSA) is 102 Å². The molecule has 7 heteroatoms. The lowest BCUT2D eigenvalue weighted by Gasteiger charge is -2.25. The van der Waals surface area contributed by atoms with Gasteiger partial charge in [-0.05, 0) is 24.0 Å². The number of nitrogens with two attached hydrogens (primary N) is 1. The fourth-order valence-electron chi connectivity index (χ4n) is 1.80. The van der Waals surface area contributed by atoms with Crippen LogP contribution in [0.4, 0.5) is 17.1 Å². The monoisotopic (exact) mass is 282 g/mol. The van der Waals surface area contributed by atoms with Crippen LogP contribution < -0.4 is 16.6 Å². The van der Waals surface area contributed by atoms with E-state index in [2.05, 4.69) is 24.6 Å². The Labute approximate surface area is 118 Å². The average Bonchev–Trinajstić information content (AvgIpc) is 2.42. The van der Waals surface area contributed by atoms with Crippen molar-refractivity contribution in [3.63, 3.8) is 0 Å². The third-order valence-electron chi connectivity index (χ3n) is 3.11. The van der Waals surface area contributed by atoms with E-state index in [1.807, 2.05) is 0 Å². The number of hydrogen-bond acceptors (Lipinski definition) is 6. The van der Waals surface area contributed by atoms with Crippen LogP contribution in [0, 0.1) is 15.5 Å². The van der Waals surface area contributed by atoms with Crippen LogP contribution in [-0.2, 0) is 4.74 Å². The highest BCUT2D eigenvalue weighted by Gasteiger charge is 2.22. The van der Waals surface area contributed by atoms with Crippen LogP contribution in [0.1, 0.15) is 20.3 Å². The molecule has 1 aromatic carbocycles. The van der Waals surface area contributed by atoms with Crippen LogP contribution >= 0.6 is 0 Å². The minimum Gasteiger partial charge on any atom is -0.385 e. The number of ether oxygens (including phenoxy) is 1. The first-order valence-corrected chi connectivity index (χ1v) is 6.38. The molecule has 0 aliphatic carbocycles. The van der Waals surface area contributed by atoms with Gasteiger partial charge in [-0.2, -0.15) is 0 Å². The molecular weight excluding hydrogens is 260 g/mol. The van der Waals surface area contributed by atoms with E-state index < -0.39 is 4.92 Å². The molecular formula is C13H22N4O3. The first kappa shape index (κ1) is 16.2. The SMILES string of the molecule is COCCC(C)(C)CNc1cccc(NN)c1[N+](=O)[O-]. The van der Waals surface area contributed by atoms with Gasteiger partial charge in [-0.3, -0.25) is 16.0 Å². The van der Waals surface area contributed by atoms with Crippen molar-refractivity contribution < 1.29 is 9.66 Å². The fourth-order valence-corrected chi connectivity index (χ4v) is 1.80. The average molecular weight is 282 g/mol. The number of nitrogens with one attached hydrogen (secondary N) is 2. The lowest BCUT2D eigenvalue weighted by atomic mass is 9.89. The van der Waals surface area contributed by atoms with Gasteiger partial charge in [-0.15, -0.1) is 0 Å². The van der Waals surface area contributed by atoms with Gasteiger partial charge in [0.1, 0.15) is 11.4 Å². The summed E-state index contributed by atoms with van der Waals surface area (Å²) in [5.74, 6) is 5.31. The maximum Gasteiger partial charge on any atom is 0.316 e. The Balaban J connectivity index is 2.85. The Morgan fingerprint density at radius 2 is 2.05 bits per heavy atom. The predicted molar refractivity (Wildman–Crippen MR) is 79.7 cm³/mol. The highest BCUT2D eigenvalue weighted by molar-refractivity contribution is 5.75. The van der Waals surface area contributed by atoms with Gasteiger partial charge in [0.2, 0.25) is 0 Å². The molecule has 0 unspecified atom stereocenters. The second-order valence-electron chi connectivity index (χ2n) is 5.36. The Morgan fingerprint density at radius 3 is 2.60 bits per heavy atom. The number of nitrogen functional groups attached to an aromatic ring is 1. The molecule has 0 heterocycles. The molecule has 7 nitrogen and oxygen atoms in total. The lowest BCUT2D eigenvalue weighted by molar-refractivity contribution is -0.383. The molecule has 4 N–H and O–H groups in total. The summed E-state index contributed by atoms with van der Waals surface area (Å²) in [4.78, 5) is 10.7. The number of anilines is 2. The first-order valence-electron chi connectivity index (χ1n) is 6.38. The molecule has 1 aromatic rings. The third kappa shape index (κ3) is 4.36. The number of rotatable bonds is 8. The highest BCUT2D eigenvalue weighted by atomic mass is 16.6. The Kier molecular flexibility index (Phi) is 5.72. The Bertz CT molecular complexity index is 463. The maximum atomic E-state index is 11.1. The van der Waals surface area contributed by atoms with Crippen molar-refractivity contribution in [3.05, 3.63) is 28.3 Å². The molecule has 0 aliphatic rings. The van der Waals surface area contributed by atoms with E-state index in [0.29, 0.717) is 18.8 Å². The standard InChI is InChI=1S/C13H22N4O3/c1-13(2,7-8-20-3)9-15-10-5-4-6-11(16-14)12(10)17(18)19/h4-6,15-16H,7-9,14H2,1-3H3. The van der Waals surface area contributed by atoms with Crippen LogP contribution in [0.25, 0.3) is 0 Å². The van der Waals surface area contributed by atoms with E-state index in [4.69, 9.17) is 10.6 Å². The lowest BCUT2D eigenvalue weighted by Crippen LogP contribution is -2.25. The number of nitro groups is 1. The number of benzene rings is 1. The van der Waals surface area contributed by atoms with Gasteiger partial charge < -0.3 is 15.5 Å². The van der Waals surface area contributed by atoms with Crippen molar-refractivity contribution >= 4 is 17.1 Å². The van der Waals surface area contributed by atoms with E-state index in [0.717, 1.165) is 6.42 Å².